The number of benzene rings is 1. The Morgan fingerprint density at radius 2 is 2.00 bits per heavy atom. The number of hydrogen-bond donors (Lipinski definition) is 2. The molecule has 4 rings (SSSR count). The molecule has 0 spiro atoms. The molecule has 1 atom stereocenters. The molecule has 0 bridgehead atoms. The van der Waals surface area contributed by atoms with Crippen molar-refractivity contribution >= 4 is 17.3 Å². The van der Waals surface area contributed by atoms with E-state index in [0.717, 1.165) is 30.4 Å². The maximum Gasteiger partial charge on any atom is 0.416 e. The van der Waals surface area contributed by atoms with Crippen LogP contribution in [0, 0.1) is 5.82 Å². The van der Waals surface area contributed by atoms with Crippen LogP contribution in [-0.2, 0) is 6.18 Å². The standard InChI is InChI=1S/C23H21F4N5/c1-14-10-11-28-20-8-7-19(16-4-3-5-17(12-16)23(25,26)27)31-22(20)32(14)15(2)30-21-9-6-18(24)13-29-21/h3-9,12-14,28H,2,10-11H2,1H3,(H,29,30)/t14-/m0/s1. The first-order chi connectivity index (χ1) is 15.2. The fraction of sp³-hybridized carbons (Fsp3) is 0.217. The van der Waals surface area contributed by atoms with Crippen molar-refractivity contribution in [3.05, 3.63) is 78.5 Å². The lowest BCUT2D eigenvalue weighted by molar-refractivity contribution is -0.137. The largest absolute Gasteiger partial charge is 0.416 e. The van der Waals surface area contributed by atoms with Gasteiger partial charge < -0.3 is 15.5 Å². The van der Waals surface area contributed by atoms with Crippen LogP contribution in [0.5, 0.6) is 0 Å². The highest BCUT2D eigenvalue weighted by molar-refractivity contribution is 5.75. The zero-order valence-electron chi connectivity index (χ0n) is 17.2. The number of nitrogens with one attached hydrogen (secondary N) is 2. The average molecular weight is 443 g/mol. The molecule has 1 aromatic carbocycles. The lowest BCUT2D eigenvalue weighted by Crippen LogP contribution is -2.35. The number of fused-ring (bicyclic) bond motifs is 1. The van der Waals surface area contributed by atoms with Crippen LogP contribution in [-0.4, -0.2) is 22.6 Å². The summed E-state index contributed by atoms with van der Waals surface area (Å²) in [6.07, 6.45) is -2.57. The molecule has 0 saturated heterocycles. The molecular weight excluding hydrogens is 422 g/mol. The van der Waals surface area contributed by atoms with Crippen LogP contribution in [0.3, 0.4) is 0 Å². The van der Waals surface area contributed by atoms with Gasteiger partial charge in [-0.2, -0.15) is 13.2 Å². The molecule has 0 radical (unpaired) electrons. The summed E-state index contributed by atoms with van der Waals surface area (Å²) in [5.74, 6) is 0.961. The number of halogens is 4. The Morgan fingerprint density at radius 3 is 2.72 bits per heavy atom. The van der Waals surface area contributed by atoms with E-state index in [1.807, 2.05) is 11.8 Å². The Morgan fingerprint density at radius 1 is 1.19 bits per heavy atom. The van der Waals surface area contributed by atoms with E-state index in [1.54, 1.807) is 18.2 Å². The highest BCUT2D eigenvalue weighted by Gasteiger charge is 2.31. The van der Waals surface area contributed by atoms with Crippen LogP contribution in [0.25, 0.3) is 11.3 Å². The number of alkyl halides is 3. The van der Waals surface area contributed by atoms with Crippen molar-refractivity contribution in [2.24, 2.45) is 0 Å². The molecule has 0 unspecified atom stereocenters. The van der Waals surface area contributed by atoms with E-state index in [0.29, 0.717) is 35.3 Å². The highest BCUT2D eigenvalue weighted by atomic mass is 19.4. The summed E-state index contributed by atoms with van der Waals surface area (Å²) in [5.41, 5.74) is 0.769. The first kappa shape index (κ1) is 21.6. The van der Waals surface area contributed by atoms with E-state index in [1.165, 1.54) is 18.2 Å². The predicted octanol–water partition coefficient (Wildman–Crippen LogP) is 5.90. The molecule has 1 aliphatic rings. The summed E-state index contributed by atoms with van der Waals surface area (Å²) in [5, 5.41) is 6.37. The molecule has 3 aromatic rings. The minimum Gasteiger partial charge on any atom is -0.382 e. The second-order valence-electron chi connectivity index (χ2n) is 7.51. The van der Waals surface area contributed by atoms with Crippen LogP contribution in [0.2, 0.25) is 0 Å². The van der Waals surface area contributed by atoms with Crippen molar-refractivity contribution in [1.29, 1.82) is 0 Å². The highest BCUT2D eigenvalue weighted by Crippen LogP contribution is 2.36. The van der Waals surface area contributed by atoms with Gasteiger partial charge in [0.05, 0.1) is 23.1 Å². The number of pyridine rings is 2. The number of aromatic nitrogens is 2. The van der Waals surface area contributed by atoms with E-state index in [2.05, 4.69) is 22.2 Å². The van der Waals surface area contributed by atoms with Gasteiger partial charge in [0.1, 0.15) is 17.5 Å². The second-order valence-corrected chi connectivity index (χ2v) is 7.51. The summed E-state index contributed by atoms with van der Waals surface area (Å²) in [4.78, 5) is 10.6. The quantitative estimate of drug-likeness (QED) is 0.492. The monoisotopic (exact) mass is 443 g/mol. The number of rotatable bonds is 4. The Balaban J connectivity index is 1.72. The van der Waals surface area contributed by atoms with Gasteiger partial charge in [0.25, 0.3) is 0 Å². The number of hydrogen-bond acceptors (Lipinski definition) is 5. The SMILES string of the molecule is C=C(Nc1ccc(F)cn1)N1c2nc(-c3cccc(C(F)(F)F)c3)ccc2NCC[C@@H]1C. The summed E-state index contributed by atoms with van der Waals surface area (Å²) in [7, 11) is 0. The van der Waals surface area contributed by atoms with E-state index in [4.69, 9.17) is 4.98 Å². The molecule has 2 N–H and O–H groups in total. The molecule has 32 heavy (non-hydrogen) atoms. The molecule has 2 aromatic heterocycles. The van der Waals surface area contributed by atoms with E-state index in [-0.39, 0.29) is 6.04 Å². The van der Waals surface area contributed by atoms with E-state index < -0.39 is 17.6 Å². The summed E-state index contributed by atoms with van der Waals surface area (Å²) < 4.78 is 52.7. The third-order valence-electron chi connectivity index (χ3n) is 5.20. The van der Waals surface area contributed by atoms with Crippen LogP contribution in [0.1, 0.15) is 18.9 Å². The molecule has 0 saturated carbocycles. The zero-order chi connectivity index (χ0) is 22.9. The zero-order valence-corrected chi connectivity index (χ0v) is 17.2. The third-order valence-corrected chi connectivity index (χ3v) is 5.20. The molecule has 9 heteroatoms. The van der Waals surface area contributed by atoms with Crippen LogP contribution in [0.4, 0.5) is 34.9 Å². The van der Waals surface area contributed by atoms with Gasteiger partial charge in [-0.3, -0.25) is 0 Å². The number of nitrogens with zero attached hydrogens (tertiary/aromatic N) is 3. The van der Waals surface area contributed by atoms with Crippen LogP contribution >= 0.6 is 0 Å². The Labute approximate surface area is 182 Å². The first-order valence-electron chi connectivity index (χ1n) is 10.0. The van der Waals surface area contributed by atoms with Crippen molar-refractivity contribution in [3.8, 4) is 11.3 Å². The predicted molar refractivity (Wildman–Crippen MR) is 117 cm³/mol. The fourth-order valence-corrected chi connectivity index (χ4v) is 3.59. The summed E-state index contributed by atoms with van der Waals surface area (Å²) in [6.45, 7) is 6.79. The minimum absolute atomic E-state index is 0.0199. The molecule has 1 aliphatic heterocycles. The normalized spacial score (nSPS) is 16.0. The number of anilines is 3. The lowest BCUT2D eigenvalue weighted by Gasteiger charge is -2.31. The minimum atomic E-state index is -4.44. The summed E-state index contributed by atoms with van der Waals surface area (Å²) >= 11 is 0. The van der Waals surface area contributed by atoms with Gasteiger partial charge in [0.15, 0.2) is 5.82 Å². The van der Waals surface area contributed by atoms with Crippen molar-refractivity contribution in [2.75, 3.05) is 22.1 Å². The lowest BCUT2D eigenvalue weighted by atomic mass is 10.1. The maximum absolute atomic E-state index is 13.2. The van der Waals surface area contributed by atoms with E-state index >= 15 is 0 Å². The molecular formula is C23H21F4N5. The fourth-order valence-electron chi connectivity index (χ4n) is 3.59. The van der Waals surface area contributed by atoms with Crippen molar-refractivity contribution < 1.29 is 17.6 Å². The van der Waals surface area contributed by atoms with Gasteiger partial charge in [-0.25, -0.2) is 14.4 Å². The van der Waals surface area contributed by atoms with Gasteiger partial charge in [-0.05, 0) is 49.7 Å². The van der Waals surface area contributed by atoms with Crippen LogP contribution in [0.15, 0.2) is 67.1 Å². The molecule has 166 valence electrons. The molecule has 5 nitrogen and oxygen atoms in total. The van der Waals surface area contributed by atoms with Gasteiger partial charge in [-0.15, -0.1) is 0 Å². The van der Waals surface area contributed by atoms with Crippen molar-refractivity contribution in [2.45, 2.75) is 25.6 Å². The van der Waals surface area contributed by atoms with Crippen molar-refractivity contribution in [1.82, 2.24) is 9.97 Å². The topological polar surface area (TPSA) is 53.1 Å². The molecule has 0 aliphatic carbocycles. The van der Waals surface area contributed by atoms with Gasteiger partial charge in [-0.1, -0.05) is 18.7 Å². The van der Waals surface area contributed by atoms with Crippen molar-refractivity contribution in [3.63, 3.8) is 0 Å². The van der Waals surface area contributed by atoms with E-state index in [9.17, 15) is 17.6 Å². The molecule has 0 fully saturated rings. The Kier molecular flexibility index (Phi) is 5.73. The third kappa shape index (κ3) is 4.51. The molecule has 0 amide bonds. The molecule has 3 heterocycles. The Hall–Kier alpha value is -3.62. The van der Waals surface area contributed by atoms with Gasteiger partial charge in [0.2, 0.25) is 0 Å². The smallest absolute Gasteiger partial charge is 0.382 e. The summed E-state index contributed by atoms with van der Waals surface area (Å²) in [6, 6.07) is 11.3. The maximum atomic E-state index is 13.2. The van der Waals surface area contributed by atoms with Crippen LogP contribution < -0.4 is 15.5 Å². The Bertz CT molecular complexity index is 1130. The second kappa shape index (κ2) is 8.49. The average Bonchev–Trinajstić information content (AvgIpc) is 2.92. The first-order valence-corrected chi connectivity index (χ1v) is 10.0. The van der Waals surface area contributed by atoms with Gasteiger partial charge >= 0.3 is 6.18 Å². The van der Waals surface area contributed by atoms with Gasteiger partial charge in [0, 0.05) is 18.2 Å².